The first-order valence-corrected chi connectivity index (χ1v) is 4.14. The molecule has 0 aliphatic heterocycles. The van der Waals surface area contributed by atoms with Gasteiger partial charge in [0, 0.05) is 0 Å². The Morgan fingerprint density at radius 2 is 1.75 bits per heavy atom. The van der Waals surface area contributed by atoms with E-state index in [4.69, 9.17) is 4.74 Å². The molecule has 2 nitrogen and oxygen atoms in total. The number of hydrogen-bond donors (Lipinski definition) is 0. The van der Waals surface area contributed by atoms with E-state index in [1.54, 1.807) is 13.8 Å². The lowest BCUT2D eigenvalue weighted by Gasteiger charge is -2.29. The molecule has 0 saturated carbocycles. The zero-order chi connectivity index (χ0) is 9.94. The molecule has 0 amide bonds. The second kappa shape index (κ2) is 3.87. The van der Waals surface area contributed by atoms with Crippen molar-refractivity contribution in [3.63, 3.8) is 0 Å². The van der Waals surface area contributed by atoms with Gasteiger partial charge in [-0.25, -0.2) is 9.18 Å². The van der Waals surface area contributed by atoms with E-state index in [-0.39, 0.29) is 5.92 Å². The molecule has 0 aromatic carbocycles. The molecule has 72 valence electrons. The van der Waals surface area contributed by atoms with Crippen LogP contribution in [0.1, 0.15) is 34.6 Å². The van der Waals surface area contributed by atoms with E-state index < -0.39 is 17.7 Å². The molecule has 0 saturated heterocycles. The number of carbonyl (C=O) groups is 1. The van der Waals surface area contributed by atoms with Crippen molar-refractivity contribution in [1.82, 2.24) is 0 Å². The third-order valence-corrected chi connectivity index (χ3v) is 2.08. The number of alkyl halides is 1. The maximum Gasteiger partial charge on any atom is 0.340 e. The van der Waals surface area contributed by atoms with Crippen molar-refractivity contribution in [2.75, 3.05) is 0 Å². The summed E-state index contributed by atoms with van der Waals surface area (Å²) in [6.45, 7) is 8.58. The number of halogens is 1. The normalized spacial score (nSPS) is 14.6. The number of rotatable bonds is 3. The first-order chi connectivity index (χ1) is 5.27. The van der Waals surface area contributed by atoms with E-state index in [0.717, 1.165) is 0 Å². The molecule has 3 heteroatoms. The van der Waals surface area contributed by atoms with E-state index in [1.165, 1.54) is 6.92 Å². The summed E-state index contributed by atoms with van der Waals surface area (Å²) in [7, 11) is 0. The Labute approximate surface area is 73.1 Å². The molecule has 1 unspecified atom stereocenters. The maximum absolute atomic E-state index is 12.4. The third-order valence-electron chi connectivity index (χ3n) is 2.08. The molecule has 0 heterocycles. The fourth-order valence-corrected chi connectivity index (χ4v) is 0.458. The van der Waals surface area contributed by atoms with Crippen molar-refractivity contribution in [3.05, 3.63) is 0 Å². The Morgan fingerprint density at radius 3 is 2.00 bits per heavy atom. The van der Waals surface area contributed by atoms with Crippen LogP contribution in [0, 0.1) is 5.92 Å². The van der Waals surface area contributed by atoms with Crippen LogP contribution in [-0.4, -0.2) is 17.7 Å². The summed E-state index contributed by atoms with van der Waals surface area (Å²) < 4.78 is 17.4. The Balaban J connectivity index is 4.15. The number of hydrogen-bond acceptors (Lipinski definition) is 2. The quantitative estimate of drug-likeness (QED) is 0.617. The number of ether oxygens (including phenoxy) is 1. The second-order valence-electron chi connectivity index (χ2n) is 3.80. The fraction of sp³-hybridized carbons (Fsp3) is 0.889. The maximum atomic E-state index is 12.4. The molecule has 0 aromatic heterocycles. The molecule has 0 aliphatic rings. The minimum atomic E-state index is -1.54. The zero-order valence-corrected chi connectivity index (χ0v) is 8.35. The Morgan fingerprint density at radius 1 is 1.33 bits per heavy atom. The van der Waals surface area contributed by atoms with Crippen molar-refractivity contribution in [2.45, 2.75) is 46.4 Å². The van der Waals surface area contributed by atoms with E-state index in [1.807, 2.05) is 13.8 Å². The van der Waals surface area contributed by atoms with Gasteiger partial charge < -0.3 is 4.74 Å². The first kappa shape index (κ1) is 11.4. The zero-order valence-electron chi connectivity index (χ0n) is 8.35. The molecule has 0 rings (SSSR count). The highest BCUT2D eigenvalue weighted by Gasteiger charge is 2.28. The summed E-state index contributed by atoms with van der Waals surface area (Å²) >= 11 is 0. The van der Waals surface area contributed by atoms with Crippen molar-refractivity contribution in [3.8, 4) is 0 Å². The lowest BCUT2D eigenvalue weighted by atomic mass is 9.95. The SMILES string of the molecule is CC(F)C(=O)OC(C)(C)C(C)C. The van der Waals surface area contributed by atoms with Crippen LogP contribution in [0.15, 0.2) is 0 Å². The van der Waals surface area contributed by atoms with Crippen LogP contribution in [0.3, 0.4) is 0 Å². The highest BCUT2D eigenvalue weighted by Crippen LogP contribution is 2.21. The van der Waals surface area contributed by atoms with E-state index >= 15 is 0 Å². The molecule has 0 aliphatic carbocycles. The van der Waals surface area contributed by atoms with Gasteiger partial charge in [-0.3, -0.25) is 0 Å². The smallest absolute Gasteiger partial charge is 0.340 e. The standard InChI is InChI=1S/C9H17FO2/c1-6(2)9(4,5)12-8(11)7(3)10/h6-7H,1-5H3. The molecule has 0 bridgehead atoms. The molecular formula is C9H17FO2. The summed E-state index contributed by atoms with van der Waals surface area (Å²) in [6.07, 6.45) is -1.54. The predicted molar refractivity (Wildman–Crippen MR) is 45.6 cm³/mol. The third kappa shape index (κ3) is 3.20. The van der Waals surface area contributed by atoms with Gasteiger partial charge >= 0.3 is 5.97 Å². The van der Waals surface area contributed by atoms with Crippen LogP contribution in [-0.2, 0) is 9.53 Å². The summed E-state index contributed by atoms with van der Waals surface area (Å²) in [6, 6.07) is 0. The van der Waals surface area contributed by atoms with Gasteiger partial charge in [-0.1, -0.05) is 13.8 Å². The molecule has 1 atom stereocenters. The molecule has 0 fully saturated rings. The Bertz CT molecular complexity index is 162. The van der Waals surface area contributed by atoms with E-state index in [2.05, 4.69) is 0 Å². The van der Waals surface area contributed by atoms with Crippen LogP contribution in [0.4, 0.5) is 4.39 Å². The minimum absolute atomic E-state index is 0.181. The molecular weight excluding hydrogens is 159 g/mol. The monoisotopic (exact) mass is 176 g/mol. The van der Waals surface area contributed by atoms with Gasteiger partial charge in [-0.15, -0.1) is 0 Å². The predicted octanol–water partition coefficient (Wildman–Crippen LogP) is 2.32. The molecule has 0 N–H and O–H groups in total. The van der Waals surface area contributed by atoms with E-state index in [9.17, 15) is 9.18 Å². The molecule has 0 radical (unpaired) electrons. The van der Waals surface area contributed by atoms with Crippen LogP contribution < -0.4 is 0 Å². The lowest BCUT2D eigenvalue weighted by Crippen LogP contribution is -2.36. The minimum Gasteiger partial charge on any atom is -0.457 e. The van der Waals surface area contributed by atoms with Gasteiger partial charge in [0.2, 0.25) is 0 Å². The topological polar surface area (TPSA) is 26.3 Å². The number of esters is 1. The molecule has 12 heavy (non-hydrogen) atoms. The average molecular weight is 176 g/mol. The second-order valence-corrected chi connectivity index (χ2v) is 3.80. The first-order valence-electron chi connectivity index (χ1n) is 4.14. The van der Waals surface area contributed by atoms with Crippen LogP contribution in [0.2, 0.25) is 0 Å². The number of carbonyl (C=O) groups excluding carboxylic acids is 1. The van der Waals surface area contributed by atoms with Gasteiger partial charge in [0.15, 0.2) is 6.17 Å². The lowest BCUT2D eigenvalue weighted by molar-refractivity contribution is -0.165. The van der Waals surface area contributed by atoms with Crippen molar-refractivity contribution in [1.29, 1.82) is 0 Å². The summed E-state index contributed by atoms with van der Waals surface area (Å²) in [5.41, 5.74) is -0.586. The summed E-state index contributed by atoms with van der Waals surface area (Å²) in [5.74, 6) is -0.603. The summed E-state index contributed by atoms with van der Waals surface area (Å²) in [5, 5.41) is 0. The highest BCUT2D eigenvalue weighted by molar-refractivity contribution is 5.74. The largest absolute Gasteiger partial charge is 0.457 e. The van der Waals surface area contributed by atoms with Crippen LogP contribution in [0.25, 0.3) is 0 Å². The average Bonchev–Trinajstić information content (AvgIpc) is 1.85. The Hall–Kier alpha value is -0.600. The Kier molecular flexibility index (Phi) is 3.68. The molecule has 0 aromatic rings. The van der Waals surface area contributed by atoms with Gasteiger partial charge in [-0.05, 0) is 26.7 Å². The van der Waals surface area contributed by atoms with Crippen molar-refractivity contribution < 1.29 is 13.9 Å². The van der Waals surface area contributed by atoms with Crippen LogP contribution in [0.5, 0.6) is 0 Å². The van der Waals surface area contributed by atoms with Gasteiger partial charge in [0.25, 0.3) is 0 Å². The van der Waals surface area contributed by atoms with E-state index in [0.29, 0.717) is 0 Å². The van der Waals surface area contributed by atoms with Gasteiger partial charge in [0.1, 0.15) is 5.60 Å². The van der Waals surface area contributed by atoms with Crippen molar-refractivity contribution in [2.24, 2.45) is 5.92 Å². The van der Waals surface area contributed by atoms with Gasteiger partial charge in [0.05, 0.1) is 0 Å². The fourth-order valence-electron chi connectivity index (χ4n) is 0.458. The van der Waals surface area contributed by atoms with Crippen LogP contribution >= 0.6 is 0 Å². The molecule has 0 spiro atoms. The van der Waals surface area contributed by atoms with Crippen molar-refractivity contribution >= 4 is 5.97 Å². The highest BCUT2D eigenvalue weighted by atomic mass is 19.1. The van der Waals surface area contributed by atoms with Gasteiger partial charge in [-0.2, -0.15) is 0 Å². The summed E-state index contributed by atoms with van der Waals surface area (Å²) in [4.78, 5) is 10.9.